The van der Waals surface area contributed by atoms with Gasteiger partial charge >= 0.3 is 0 Å². The van der Waals surface area contributed by atoms with Crippen LogP contribution in [0.1, 0.15) is 10.7 Å². The van der Waals surface area contributed by atoms with E-state index < -0.39 is 0 Å². The van der Waals surface area contributed by atoms with E-state index in [9.17, 15) is 4.79 Å². The van der Waals surface area contributed by atoms with E-state index in [1.54, 1.807) is 0 Å². The van der Waals surface area contributed by atoms with Gasteiger partial charge in [0.25, 0.3) is 0 Å². The van der Waals surface area contributed by atoms with Gasteiger partial charge in [0.05, 0.1) is 17.1 Å². The van der Waals surface area contributed by atoms with Crippen molar-refractivity contribution in [2.24, 2.45) is 0 Å². The molecule has 0 fully saturated rings. The summed E-state index contributed by atoms with van der Waals surface area (Å²) < 4.78 is 0. The number of nitrogens with zero attached hydrogens (tertiary/aromatic N) is 1. The van der Waals surface area contributed by atoms with Crippen LogP contribution in [0.4, 0.5) is 5.69 Å². The smallest absolute Gasteiger partial charge is 0.244 e. The molecule has 1 aromatic carbocycles. The van der Waals surface area contributed by atoms with E-state index >= 15 is 0 Å². The van der Waals surface area contributed by atoms with E-state index in [-0.39, 0.29) is 12.3 Å². The SMILES string of the molecule is Cc1nc(CC(=O)NNC(=S)Nc2ccccc2)cs1. The Morgan fingerprint density at radius 1 is 1.30 bits per heavy atom. The van der Waals surface area contributed by atoms with Crippen molar-refractivity contribution in [1.82, 2.24) is 15.8 Å². The first kappa shape index (κ1) is 14.4. The number of thiocarbonyl (C=S) groups is 1. The number of hydrogen-bond acceptors (Lipinski definition) is 4. The highest BCUT2D eigenvalue weighted by Crippen LogP contribution is 2.08. The van der Waals surface area contributed by atoms with Gasteiger partial charge in [-0.15, -0.1) is 11.3 Å². The van der Waals surface area contributed by atoms with Crippen LogP contribution in [0.5, 0.6) is 0 Å². The van der Waals surface area contributed by atoms with E-state index in [0.29, 0.717) is 5.11 Å². The fourth-order valence-electron chi connectivity index (χ4n) is 1.51. The van der Waals surface area contributed by atoms with Crippen LogP contribution < -0.4 is 16.2 Å². The molecule has 5 nitrogen and oxygen atoms in total. The van der Waals surface area contributed by atoms with Crippen molar-refractivity contribution in [2.45, 2.75) is 13.3 Å². The Morgan fingerprint density at radius 2 is 2.05 bits per heavy atom. The quantitative estimate of drug-likeness (QED) is 0.598. The van der Waals surface area contributed by atoms with E-state index in [4.69, 9.17) is 12.2 Å². The van der Waals surface area contributed by atoms with Crippen LogP contribution in [0, 0.1) is 6.92 Å². The summed E-state index contributed by atoms with van der Waals surface area (Å²) in [6, 6.07) is 9.48. The minimum atomic E-state index is -0.187. The van der Waals surface area contributed by atoms with E-state index in [2.05, 4.69) is 21.2 Å². The molecule has 0 spiro atoms. The van der Waals surface area contributed by atoms with Gasteiger partial charge in [-0.1, -0.05) is 18.2 Å². The van der Waals surface area contributed by atoms with Crippen molar-refractivity contribution in [1.29, 1.82) is 0 Å². The van der Waals surface area contributed by atoms with Crippen LogP contribution in [-0.2, 0) is 11.2 Å². The molecule has 0 atom stereocenters. The van der Waals surface area contributed by atoms with Crippen LogP contribution in [0.3, 0.4) is 0 Å². The molecule has 1 aromatic heterocycles. The van der Waals surface area contributed by atoms with Crippen LogP contribution in [0.25, 0.3) is 0 Å². The first-order chi connectivity index (χ1) is 9.63. The van der Waals surface area contributed by atoms with E-state index in [1.165, 1.54) is 11.3 Å². The minimum Gasteiger partial charge on any atom is -0.331 e. The Labute approximate surface area is 126 Å². The number of thiazole rings is 1. The van der Waals surface area contributed by atoms with Gasteiger partial charge in [-0.05, 0) is 31.3 Å². The van der Waals surface area contributed by atoms with Gasteiger partial charge in [-0.3, -0.25) is 15.6 Å². The Morgan fingerprint density at radius 3 is 2.70 bits per heavy atom. The number of benzene rings is 1. The zero-order valence-corrected chi connectivity index (χ0v) is 12.5. The number of rotatable bonds is 3. The summed E-state index contributed by atoms with van der Waals surface area (Å²) in [5, 5.41) is 6.11. The van der Waals surface area contributed by atoms with Crippen LogP contribution in [0.2, 0.25) is 0 Å². The number of aryl methyl sites for hydroxylation is 1. The second-order valence-electron chi connectivity index (χ2n) is 4.03. The summed E-state index contributed by atoms with van der Waals surface area (Å²) in [4.78, 5) is 15.9. The van der Waals surface area contributed by atoms with Crippen molar-refractivity contribution in [3.05, 3.63) is 46.4 Å². The van der Waals surface area contributed by atoms with Gasteiger partial charge in [-0.25, -0.2) is 4.98 Å². The summed E-state index contributed by atoms with van der Waals surface area (Å²) in [6.45, 7) is 1.91. The molecule has 2 rings (SSSR count). The molecule has 0 aliphatic rings. The number of anilines is 1. The third-order valence-electron chi connectivity index (χ3n) is 2.36. The lowest BCUT2D eigenvalue weighted by molar-refractivity contribution is -0.121. The normalized spacial score (nSPS) is 9.85. The molecule has 1 amide bonds. The fraction of sp³-hybridized carbons (Fsp3) is 0.154. The van der Waals surface area contributed by atoms with Crippen molar-refractivity contribution < 1.29 is 4.79 Å². The topological polar surface area (TPSA) is 66.0 Å². The fourth-order valence-corrected chi connectivity index (χ4v) is 2.29. The first-order valence-corrected chi connectivity index (χ1v) is 7.24. The number of para-hydroxylation sites is 1. The minimum absolute atomic E-state index is 0.187. The summed E-state index contributed by atoms with van der Waals surface area (Å²) >= 11 is 6.60. The highest BCUT2D eigenvalue weighted by atomic mass is 32.1. The highest BCUT2D eigenvalue weighted by Gasteiger charge is 2.06. The Bertz CT molecular complexity index is 597. The second-order valence-corrected chi connectivity index (χ2v) is 5.50. The molecule has 0 aliphatic carbocycles. The van der Waals surface area contributed by atoms with E-state index in [0.717, 1.165) is 16.4 Å². The van der Waals surface area contributed by atoms with Gasteiger partial charge in [0.15, 0.2) is 5.11 Å². The lowest BCUT2D eigenvalue weighted by atomic mass is 10.3. The molecule has 3 N–H and O–H groups in total. The standard InChI is InChI=1S/C13H14N4OS2/c1-9-14-11(8-20-9)7-12(18)16-17-13(19)15-10-5-3-2-4-6-10/h2-6,8H,7H2,1H3,(H,16,18)(H2,15,17,19). The molecule has 20 heavy (non-hydrogen) atoms. The average Bonchev–Trinajstić information content (AvgIpc) is 2.83. The van der Waals surface area contributed by atoms with Crippen molar-refractivity contribution in [2.75, 3.05) is 5.32 Å². The lowest BCUT2D eigenvalue weighted by Gasteiger charge is -2.11. The second kappa shape index (κ2) is 6.97. The van der Waals surface area contributed by atoms with Crippen LogP contribution in [0.15, 0.2) is 35.7 Å². The maximum absolute atomic E-state index is 11.7. The highest BCUT2D eigenvalue weighted by molar-refractivity contribution is 7.80. The molecule has 1 heterocycles. The number of amides is 1. The number of carbonyl (C=O) groups is 1. The average molecular weight is 306 g/mol. The zero-order valence-electron chi connectivity index (χ0n) is 10.8. The molecule has 0 bridgehead atoms. The molecular weight excluding hydrogens is 292 g/mol. The zero-order chi connectivity index (χ0) is 14.4. The molecule has 0 radical (unpaired) electrons. The summed E-state index contributed by atoms with van der Waals surface area (Å²) in [5.74, 6) is -0.187. The molecule has 104 valence electrons. The Balaban J connectivity index is 1.74. The monoisotopic (exact) mass is 306 g/mol. The Kier molecular flexibility index (Phi) is 5.03. The number of aromatic nitrogens is 1. The molecule has 0 saturated carbocycles. The molecule has 0 aliphatic heterocycles. The summed E-state index contributed by atoms with van der Waals surface area (Å²) in [5.41, 5.74) is 6.80. The van der Waals surface area contributed by atoms with Crippen LogP contribution >= 0.6 is 23.6 Å². The van der Waals surface area contributed by atoms with Gasteiger partial charge in [0.1, 0.15) is 0 Å². The predicted octanol–water partition coefficient (Wildman–Crippen LogP) is 2.01. The summed E-state index contributed by atoms with van der Waals surface area (Å²) in [7, 11) is 0. The predicted molar refractivity (Wildman–Crippen MR) is 84.5 cm³/mol. The lowest BCUT2D eigenvalue weighted by Crippen LogP contribution is -2.44. The van der Waals surface area contributed by atoms with Gasteiger partial charge in [0, 0.05) is 11.1 Å². The molecule has 2 aromatic rings. The first-order valence-electron chi connectivity index (χ1n) is 5.95. The molecule has 0 unspecified atom stereocenters. The number of hydrazine groups is 1. The molecular formula is C13H14N4OS2. The van der Waals surface area contributed by atoms with Gasteiger partial charge in [0.2, 0.25) is 5.91 Å². The third-order valence-corrected chi connectivity index (χ3v) is 3.38. The maximum Gasteiger partial charge on any atom is 0.244 e. The number of nitrogens with one attached hydrogen (secondary N) is 3. The molecule has 7 heteroatoms. The maximum atomic E-state index is 11.7. The van der Waals surface area contributed by atoms with Crippen molar-refractivity contribution >= 4 is 40.3 Å². The third kappa shape index (κ3) is 4.60. The number of carbonyl (C=O) groups excluding carboxylic acids is 1. The molecule has 0 saturated heterocycles. The summed E-state index contributed by atoms with van der Waals surface area (Å²) in [6.07, 6.45) is 0.227. The van der Waals surface area contributed by atoms with Crippen molar-refractivity contribution in [3.63, 3.8) is 0 Å². The van der Waals surface area contributed by atoms with Gasteiger partial charge < -0.3 is 5.32 Å². The largest absolute Gasteiger partial charge is 0.331 e. The van der Waals surface area contributed by atoms with Gasteiger partial charge in [-0.2, -0.15) is 0 Å². The Hall–Kier alpha value is -1.99. The number of hydrogen-bond donors (Lipinski definition) is 3. The van der Waals surface area contributed by atoms with Crippen LogP contribution in [-0.4, -0.2) is 16.0 Å². The van der Waals surface area contributed by atoms with Crippen molar-refractivity contribution in [3.8, 4) is 0 Å². The van der Waals surface area contributed by atoms with E-state index in [1.807, 2.05) is 42.6 Å².